The zero-order valence-corrected chi connectivity index (χ0v) is 15.9. The van der Waals surface area contributed by atoms with Gasteiger partial charge in [0.2, 0.25) is 11.9 Å². The second-order valence-electron chi connectivity index (χ2n) is 6.53. The third kappa shape index (κ3) is 4.22. The van der Waals surface area contributed by atoms with E-state index in [1.54, 1.807) is 48.7 Å². The first-order valence-electron chi connectivity index (χ1n) is 9.02. The maximum atomic E-state index is 11.2. The third-order valence-electron chi connectivity index (χ3n) is 4.14. The van der Waals surface area contributed by atoms with Crippen LogP contribution >= 0.6 is 0 Å². The number of aromatic nitrogens is 5. The zero-order valence-electron chi connectivity index (χ0n) is 15.9. The molecule has 0 spiro atoms. The molecule has 0 saturated carbocycles. The smallest absolute Gasteiger partial charge is 0.307 e. The number of anilines is 3. The molecule has 4 aromatic rings. The summed E-state index contributed by atoms with van der Waals surface area (Å²) in [5.74, 6) is -0.747. The van der Waals surface area contributed by atoms with Gasteiger partial charge >= 0.3 is 5.97 Å². The molecular formula is C20H17N7O3. The molecule has 0 atom stereocenters. The van der Waals surface area contributed by atoms with Crippen LogP contribution in [-0.4, -0.2) is 41.9 Å². The molecule has 0 saturated heterocycles. The largest absolute Gasteiger partial charge is 0.481 e. The molecule has 0 bridgehead atoms. The second-order valence-corrected chi connectivity index (χ2v) is 6.53. The Morgan fingerprint density at radius 2 is 1.90 bits per heavy atom. The summed E-state index contributed by atoms with van der Waals surface area (Å²) in [5, 5.41) is 23.0. The molecule has 10 nitrogen and oxygen atoms in total. The quantitative estimate of drug-likeness (QED) is 0.447. The Morgan fingerprint density at radius 3 is 2.70 bits per heavy atom. The Labute approximate surface area is 170 Å². The fourth-order valence-corrected chi connectivity index (χ4v) is 2.94. The van der Waals surface area contributed by atoms with Gasteiger partial charge < -0.3 is 15.7 Å². The number of benzene rings is 2. The lowest BCUT2D eigenvalue weighted by Crippen LogP contribution is -2.06. The molecule has 2 heterocycles. The van der Waals surface area contributed by atoms with Crippen LogP contribution in [0.5, 0.6) is 0 Å². The molecule has 150 valence electrons. The standard InChI is InChI=1S/C20H17N7O3/c1-12(28)22-14-5-3-6-15(10-14)23-20-21-11-17-19(24-20)27(26-25-17)16-7-2-4-13(8-16)9-18(29)30/h2-8,10-11H,9H2,1H3,(H,22,28)(H,29,30)(H,21,23,24). The lowest BCUT2D eigenvalue weighted by Gasteiger charge is -2.08. The van der Waals surface area contributed by atoms with E-state index in [1.165, 1.54) is 11.6 Å². The summed E-state index contributed by atoms with van der Waals surface area (Å²) in [5.41, 5.74) is 3.60. The number of hydrogen-bond donors (Lipinski definition) is 3. The van der Waals surface area contributed by atoms with Crippen LogP contribution in [0.4, 0.5) is 17.3 Å². The van der Waals surface area contributed by atoms with E-state index in [0.717, 1.165) is 0 Å². The molecule has 2 aromatic heterocycles. The van der Waals surface area contributed by atoms with E-state index in [2.05, 4.69) is 30.9 Å². The fourth-order valence-electron chi connectivity index (χ4n) is 2.94. The summed E-state index contributed by atoms with van der Waals surface area (Å²) in [4.78, 5) is 31.0. The highest BCUT2D eigenvalue weighted by Crippen LogP contribution is 2.21. The number of rotatable bonds is 6. The van der Waals surface area contributed by atoms with Gasteiger partial charge in [0, 0.05) is 18.3 Å². The predicted octanol–water partition coefficient (Wildman–Crippen LogP) is 2.54. The normalized spacial score (nSPS) is 10.7. The van der Waals surface area contributed by atoms with Crippen LogP contribution in [0.3, 0.4) is 0 Å². The Kier molecular flexibility index (Phi) is 5.04. The monoisotopic (exact) mass is 403 g/mol. The Bertz CT molecular complexity index is 1250. The molecule has 2 aromatic carbocycles. The fraction of sp³-hybridized carbons (Fsp3) is 0.100. The van der Waals surface area contributed by atoms with E-state index in [9.17, 15) is 9.59 Å². The number of carboxylic acids is 1. The van der Waals surface area contributed by atoms with Crippen LogP contribution in [0.25, 0.3) is 16.9 Å². The first-order valence-corrected chi connectivity index (χ1v) is 9.02. The number of amides is 1. The van der Waals surface area contributed by atoms with Gasteiger partial charge in [-0.15, -0.1) is 5.10 Å². The number of fused-ring (bicyclic) bond motifs is 1. The molecule has 0 aliphatic heterocycles. The van der Waals surface area contributed by atoms with Gasteiger partial charge in [0.1, 0.15) is 0 Å². The number of hydrogen-bond acceptors (Lipinski definition) is 7. The van der Waals surface area contributed by atoms with Crippen LogP contribution in [-0.2, 0) is 16.0 Å². The number of aliphatic carboxylic acids is 1. The predicted molar refractivity (Wildman–Crippen MR) is 110 cm³/mol. The minimum absolute atomic E-state index is 0.0904. The van der Waals surface area contributed by atoms with E-state index in [4.69, 9.17) is 5.11 Å². The highest BCUT2D eigenvalue weighted by molar-refractivity contribution is 5.89. The molecule has 0 fully saturated rings. The summed E-state index contributed by atoms with van der Waals surface area (Å²) >= 11 is 0. The first-order chi connectivity index (χ1) is 14.5. The molecule has 3 N–H and O–H groups in total. The highest BCUT2D eigenvalue weighted by Gasteiger charge is 2.12. The van der Waals surface area contributed by atoms with Gasteiger partial charge in [-0.25, -0.2) is 4.98 Å². The average molecular weight is 403 g/mol. The number of nitrogens with one attached hydrogen (secondary N) is 2. The van der Waals surface area contributed by atoms with Crippen molar-refractivity contribution in [3.63, 3.8) is 0 Å². The van der Waals surface area contributed by atoms with Crippen LogP contribution in [0.2, 0.25) is 0 Å². The molecule has 1 amide bonds. The molecule has 30 heavy (non-hydrogen) atoms. The SMILES string of the molecule is CC(=O)Nc1cccc(Nc2ncc3nnn(-c4cccc(CC(=O)O)c4)c3n2)c1. The van der Waals surface area contributed by atoms with Crippen molar-refractivity contribution in [3.05, 3.63) is 60.3 Å². The van der Waals surface area contributed by atoms with E-state index in [1.807, 2.05) is 6.07 Å². The van der Waals surface area contributed by atoms with Gasteiger partial charge in [-0.1, -0.05) is 23.4 Å². The molecule has 0 aliphatic carbocycles. The summed E-state index contributed by atoms with van der Waals surface area (Å²) in [6.45, 7) is 1.44. The van der Waals surface area contributed by atoms with Crippen molar-refractivity contribution in [2.24, 2.45) is 0 Å². The summed E-state index contributed by atoms with van der Waals surface area (Å²) < 4.78 is 1.53. The molecular weight excluding hydrogens is 386 g/mol. The minimum atomic E-state index is -0.911. The van der Waals surface area contributed by atoms with Crippen LogP contribution in [0.1, 0.15) is 12.5 Å². The van der Waals surface area contributed by atoms with Crippen LogP contribution in [0.15, 0.2) is 54.7 Å². The third-order valence-corrected chi connectivity index (χ3v) is 4.14. The van der Waals surface area contributed by atoms with Gasteiger partial charge in [0.25, 0.3) is 0 Å². The highest BCUT2D eigenvalue weighted by atomic mass is 16.4. The summed E-state index contributed by atoms with van der Waals surface area (Å²) in [7, 11) is 0. The van der Waals surface area contributed by atoms with Crippen LogP contribution < -0.4 is 10.6 Å². The summed E-state index contributed by atoms with van der Waals surface area (Å²) in [6.07, 6.45) is 1.46. The molecule has 0 aliphatic rings. The maximum Gasteiger partial charge on any atom is 0.307 e. The van der Waals surface area contributed by atoms with Crippen molar-refractivity contribution < 1.29 is 14.7 Å². The molecule has 0 radical (unpaired) electrons. The van der Waals surface area contributed by atoms with Crippen molar-refractivity contribution in [1.82, 2.24) is 25.0 Å². The van der Waals surface area contributed by atoms with E-state index in [-0.39, 0.29) is 12.3 Å². The van der Waals surface area contributed by atoms with Gasteiger partial charge in [0.15, 0.2) is 11.2 Å². The second kappa shape index (κ2) is 7.95. The molecule has 10 heteroatoms. The minimum Gasteiger partial charge on any atom is -0.481 e. The Morgan fingerprint density at radius 1 is 1.10 bits per heavy atom. The molecule has 0 unspecified atom stereocenters. The lowest BCUT2D eigenvalue weighted by atomic mass is 10.1. The number of carboxylic acid groups (broad SMARTS) is 1. The van der Waals surface area contributed by atoms with Gasteiger partial charge in [-0.3, -0.25) is 9.59 Å². The van der Waals surface area contributed by atoms with Gasteiger partial charge in [0.05, 0.1) is 18.3 Å². The number of carbonyl (C=O) groups excluding carboxylic acids is 1. The van der Waals surface area contributed by atoms with Gasteiger partial charge in [-0.2, -0.15) is 9.67 Å². The number of carbonyl (C=O) groups is 2. The average Bonchev–Trinajstić information content (AvgIpc) is 3.11. The molecule has 4 rings (SSSR count). The maximum absolute atomic E-state index is 11.2. The van der Waals surface area contributed by atoms with E-state index >= 15 is 0 Å². The van der Waals surface area contributed by atoms with Crippen molar-refractivity contribution in [3.8, 4) is 5.69 Å². The van der Waals surface area contributed by atoms with E-state index < -0.39 is 5.97 Å². The van der Waals surface area contributed by atoms with E-state index in [0.29, 0.717) is 39.7 Å². The Hall–Kier alpha value is -4.34. The first kappa shape index (κ1) is 19.0. The van der Waals surface area contributed by atoms with Crippen LogP contribution in [0, 0.1) is 0 Å². The van der Waals surface area contributed by atoms with Crippen molar-refractivity contribution >= 4 is 40.4 Å². The summed E-state index contributed by atoms with van der Waals surface area (Å²) in [6, 6.07) is 14.2. The lowest BCUT2D eigenvalue weighted by molar-refractivity contribution is -0.136. The topological polar surface area (TPSA) is 135 Å². The van der Waals surface area contributed by atoms with Crippen molar-refractivity contribution in [1.29, 1.82) is 0 Å². The Balaban J connectivity index is 1.65. The van der Waals surface area contributed by atoms with Crippen molar-refractivity contribution in [2.75, 3.05) is 10.6 Å². The number of nitrogens with zero attached hydrogens (tertiary/aromatic N) is 5. The van der Waals surface area contributed by atoms with Gasteiger partial charge in [-0.05, 0) is 35.9 Å². The zero-order chi connectivity index (χ0) is 21.1. The van der Waals surface area contributed by atoms with Crippen molar-refractivity contribution in [2.45, 2.75) is 13.3 Å².